The summed E-state index contributed by atoms with van der Waals surface area (Å²) in [6.07, 6.45) is -0.946. The minimum absolute atomic E-state index is 0.0592. The van der Waals surface area contributed by atoms with E-state index in [1.165, 1.54) is 4.90 Å². The lowest BCUT2D eigenvalue weighted by atomic mass is 10.0. The van der Waals surface area contributed by atoms with Crippen LogP contribution in [0, 0.1) is 32.7 Å². The maximum absolute atomic E-state index is 14.7. The van der Waals surface area contributed by atoms with Crippen molar-refractivity contribution in [3.05, 3.63) is 33.6 Å². The zero-order chi connectivity index (χ0) is 25.3. The van der Waals surface area contributed by atoms with Crippen molar-refractivity contribution in [1.82, 2.24) is 10.2 Å². The molecular formula is C22H27F2N5O5. The second-order valence-electron chi connectivity index (χ2n) is 9.66. The van der Waals surface area contributed by atoms with E-state index < -0.39 is 57.2 Å². The molecule has 1 saturated carbocycles. The lowest BCUT2D eigenvalue weighted by Crippen LogP contribution is -2.55. The summed E-state index contributed by atoms with van der Waals surface area (Å²) in [4.78, 5) is 37.0. The largest absolute Gasteiger partial charge is 0.444 e. The summed E-state index contributed by atoms with van der Waals surface area (Å²) in [5.41, 5.74) is -2.71. The van der Waals surface area contributed by atoms with E-state index in [4.69, 9.17) is 10.00 Å². The van der Waals surface area contributed by atoms with Gasteiger partial charge in [0.2, 0.25) is 0 Å². The Morgan fingerprint density at radius 1 is 1.38 bits per heavy atom. The van der Waals surface area contributed by atoms with Crippen molar-refractivity contribution in [2.24, 2.45) is 5.41 Å². The molecule has 10 nitrogen and oxygen atoms in total. The smallest absolute Gasteiger partial charge is 0.410 e. The third-order valence-corrected chi connectivity index (χ3v) is 5.73. The van der Waals surface area contributed by atoms with Crippen LogP contribution >= 0.6 is 0 Å². The SMILES string of the molecule is CC(C)(C)OC(=O)N1CC[C@H](F)[C@@H](NC(=O)c2cc([N+](=O)[O-])c(NCC3(C#N)CC3)cc2F)C1. The lowest BCUT2D eigenvalue weighted by Gasteiger charge is -2.36. The van der Waals surface area contributed by atoms with Gasteiger partial charge in [-0.1, -0.05) is 0 Å². The van der Waals surface area contributed by atoms with Gasteiger partial charge in [0.25, 0.3) is 11.6 Å². The first-order valence-electron chi connectivity index (χ1n) is 10.9. The van der Waals surface area contributed by atoms with Crippen molar-refractivity contribution in [2.75, 3.05) is 25.0 Å². The Hall–Kier alpha value is -3.49. The number of hydrogen-bond donors (Lipinski definition) is 2. The second kappa shape index (κ2) is 9.40. The number of nitro groups is 1. The van der Waals surface area contributed by atoms with Crippen molar-refractivity contribution in [3.63, 3.8) is 0 Å². The third-order valence-electron chi connectivity index (χ3n) is 5.73. The Morgan fingerprint density at radius 2 is 2.06 bits per heavy atom. The summed E-state index contributed by atoms with van der Waals surface area (Å²) >= 11 is 0. The van der Waals surface area contributed by atoms with Crippen LogP contribution in [0.1, 0.15) is 50.4 Å². The molecule has 1 saturated heterocycles. The summed E-state index contributed by atoms with van der Waals surface area (Å²) in [7, 11) is 0. The summed E-state index contributed by atoms with van der Waals surface area (Å²) in [5.74, 6) is -2.08. The van der Waals surface area contributed by atoms with Gasteiger partial charge < -0.3 is 20.3 Å². The van der Waals surface area contributed by atoms with Gasteiger partial charge in [0.15, 0.2) is 0 Å². The molecule has 2 atom stereocenters. The van der Waals surface area contributed by atoms with E-state index in [0.717, 1.165) is 12.1 Å². The van der Waals surface area contributed by atoms with Crippen LogP contribution in [0.3, 0.4) is 0 Å². The molecule has 2 N–H and O–H groups in total. The van der Waals surface area contributed by atoms with Crippen LogP contribution in [0.4, 0.5) is 25.0 Å². The maximum Gasteiger partial charge on any atom is 0.410 e. The number of likely N-dealkylation sites (tertiary alicyclic amines) is 1. The molecule has 0 bridgehead atoms. The highest BCUT2D eigenvalue weighted by Crippen LogP contribution is 2.45. The number of anilines is 1. The Kier molecular flexibility index (Phi) is 6.95. The highest BCUT2D eigenvalue weighted by Gasteiger charge is 2.43. The van der Waals surface area contributed by atoms with Crippen LogP contribution in [0.2, 0.25) is 0 Å². The second-order valence-corrected chi connectivity index (χ2v) is 9.66. The molecule has 2 amide bonds. The molecule has 2 fully saturated rings. The number of nitriles is 1. The number of carbonyl (C=O) groups excluding carboxylic acids is 2. The molecule has 0 aromatic heterocycles. The van der Waals surface area contributed by atoms with Gasteiger partial charge in [0.1, 0.15) is 23.3 Å². The van der Waals surface area contributed by atoms with Gasteiger partial charge in [0, 0.05) is 31.8 Å². The molecule has 1 aromatic carbocycles. The van der Waals surface area contributed by atoms with Crippen LogP contribution < -0.4 is 10.6 Å². The minimum Gasteiger partial charge on any atom is -0.444 e. The summed E-state index contributed by atoms with van der Waals surface area (Å²) in [6.45, 7) is 5.07. The first-order valence-corrected chi connectivity index (χ1v) is 10.9. The highest BCUT2D eigenvalue weighted by atomic mass is 19.1. The molecule has 0 unspecified atom stereocenters. The summed E-state index contributed by atoms with van der Waals surface area (Å²) in [5, 5.41) is 25.7. The lowest BCUT2D eigenvalue weighted by molar-refractivity contribution is -0.384. The zero-order valence-electron chi connectivity index (χ0n) is 19.2. The van der Waals surface area contributed by atoms with Crippen LogP contribution in [0.5, 0.6) is 0 Å². The number of nitro benzene ring substituents is 1. The number of nitrogens with one attached hydrogen (secondary N) is 2. The van der Waals surface area contributed by atoms with E-state index in [-0.39, 0.29) is 31.7 Å². The fourth-order valence-electron chi connectivity index (χ4n) is 3.57. The van der Waals surface area contributed by atoms with Gasteiger partial charge in [-0.05, 0) is 40.0 Å². The van der Waals surface area contributed by atoms with Crippen LogP contribution in [0.15, 0.2) is 12.1 Å². The van der Waals surface area contributed by atoms with Gasteiger partial charge in [-0.15, -0.1) is 0 Å². The number of benzene rings is 1. The van der Waals surface area contributed by atoms with Crippen molar-refractivity contribution >= 4 is 23.4 Å². The molecule has 3 rings (SSSR count). The predicted octanol–water partition coefficient (Wildman–Crippen LogP) is 3.53. The first-order chi connectivity index (χ1) is 15.8. The quantitative estimate of drug-likeness (QED) is 0.470. The van der Waals surface area contributed by atoms with E-state index in [0.29, 0.717) is 12.8 Å². The Bertz CT molecular complexity index is 1030. The number of piperidine rings is 1. The van der Waals surface area contributed by atoms with Crippen molar-refractivity contribution in [2.45, 2.75) is 57.8 Å². The number of halogens is 2. The van der Waals surface area contributed by atoms with E-state index in [9.17, 15) is 28.5 Å². The van der Waals surface area contributed by atoms with E-state index >= 15 is 0 Å². The first kappa shape index (κ1) is 25.1. The Balaban J connectivity index is 1.74. The van der Waals surface area contributed by atoms with Crippen molar-refractivity contribution in [3.8, 4) is 6.07 Å². The van der Waals surface area contributed by atoms with Gasteiger partial charge in [-0.2, -0.15) is 5.26 Å². The fourth-order valence-corrected chi connectivity index (χ4v) is 3.57. The molecule has 0 spiro atoms. The van der Waals surface area contributed by atoms with E-state index in [1.807, 2.05) is 0 Å². The van der Waals surface area contributed by atoms with E-state index in [1.54, 1.807) is 20.8 Å². The molecular weight excluding hydrogens is 452 g/mol. The van der Waals surface area contributed by atoms with Crippen LogP contribution in [0.25, 0.3) is 0 Å². The van der Waals surface area contributed by atoms with E-state index in [2.05, 4.69) is 16.7 Å². The molecule has 1 aliphatic carbocycles. The van der Waals surface area contributed by atoms with Gasteiger partial charge >= 0.3 is 6.09 Å². The Labute approximate surface area is 195 Å². The number of hydrogen-bond acceptors (Lipinski definition) is 7. The number of rotatable bonds is 6. The Morgan fingerprint density at radius 3 is 2.62 bits per heavy atom. The fraction of sp³-hybridized carbons (Fsp3) is 0.591. The normalized spacial score (nSPS) is 21.2. The van der Waals surface area contributed by atoms with Gasteiger partial charge in [-0.3, -0.25) is 14.9 Å². The predicted molar refractivity (Wildman–Crippen MR) is 117 cm³/mol. The molecule has 12 heteroatoms. The van der Waals surface area contributed by atoms with Gasteiger partial charge in [-0.25, -0.2) is 13.6 Å². The molecule has 1 aliphatic heterocycles. The number of alkyl halides is 1. The molecule has 1 aromatic rings. The maximum atomic E-state index is 14.7. The topological polar surface area (TPSA) is 138 Å². The van der Waals surface area contributed by atoms with Crippen LogP contribution in [-0.4, -0.2) is 59.3 Å². The average molecular weight is 479 g/mol. The average Bonchev–Trinajstić information content (AvgIpc) is 3.52. The minimum atomic E-state index is -1.50. The monoisotopic (exact) mass is 479 g/mol. The van der Waals surface area contributed by atoms with Crippen molar-refractivity contribution < 1.29 is 28.0 Å². The third kappa shape index (κ3) is 5.89. The highest BCUT2D eigenvalue weighted by molar-refractivity contribution is 5.96. The molecule has 1 heterocycles. The van der Waals surface area contributed by atoms with Crippen LogP contribution in [-0.2, 0) is 4.74 Å². The van der Waals surface area contributed by atoms with Crippen molar-refractivity contribution in [1.29, 1.82) is 5.26 Å². The number of ether oxygens (including phenoxy) is 1. The van der Waals surface area contributed by atoms with Gasteiger partial charge in [0.05, 0.1) is 28.0 Å². The number of carbonyl (C=O) groups is 2. The molecule has 0 radical (unpaired) electrons. The standard InChI is InChI=1S/C22H27F2N5O5/c1-21(2,3)34-20(31)28-7-4-14(23)17(10-28)27-19(30)13-8-18(29(32)33)16(9-15(13)24)26-12-22(11-25)5-6-22/h8-9,14,17,26H,4-7,10,12H2,1-3H3,(H,27,30)/t14-,17-/m0/s1. The molecule has 34 heavy (non-hydrogen) atoms. The zero-order valence-corrected chi connectivity index (χ0v) is 19.2. The molecule has 2 aliphatic rings. The molecule has 184 valence electrons. The summed E-state index contributed by atoms with van der Waals surface area (Å²) in [6, 6.07) is 2.58. The number of nitrogens with zero attached hydrogens (tertiary/aromatic N) is 3. The summed E-state index contributed by atoms with van der Waals surface area (Å²) < 4.78 is 34.5. The number of amides is 2.